The van der Waals surface area contributed by atoms with Crippen molar-refractivity contribution >= 4 is 17.3 Å². The van der Waals surface area contributed by atoms with E-state index < -0.39 is 0 Å². The molecule has 0 saturated heterocycles. The molecule has 25 heavy (non-hydrogen) atoms. The molecule has 0 unspecified atom stereocenters. The van der Waals surface area contributed by atoms with Crippen LogP contribution in [0.3, 0.4) is 0 Å². The molecule has 1 heterocycles. The van der Waals surface area contributed by atoms with Crippen LogP contribution in [0.1, 0.15) is 15.9 Å². The summed E-state index contributed by atoms with van der Waals surface area (Å²) in [6.07, 6.45) is 0.818. The van der Waals surface area contributed by atoms with Crippen LogP contribution in [0.15, 0.2) is 83.3 Å². The van der Waals surface area contributed by atoms with E-state index in [9.17, 15) is 4.79 Å². The molecule has 3 aromatic carbocycles. The third-order valence-corrected chi connectivity index (χ3v) is 4.07. The van der Waals surface area contributed by atoms with Gasteiger partial charge in [-0.25, -0.2) is 0 Å². The monoisotopic (exact) mass is 328 g/mol. The lowest BCUT2D eigenvalue weighted by molar-refractivity contribution is 0.112. The summed E-state index contributed by atoms with van der Waals surface area (Å²) in [6.45, 7) is 0.493. The van der Waals surface area contributed by atoms with Gasteiger partial charge in [0.25, 0.3) is 0 Å². The largest absolute Gasteiger partial charge is 0.488 e. The molecule has 3 heteroatoms. The van der Waals surface area contributed by atoms with Gasteiger partial charge in [-0.15, -0.1) is 0 Å². The number of rotatable bonds is 5. The average Bonchev–Trinajstić information content (AvgIpc) is 3.10. The Morgan fingerprint density at radius 3 is 2.52 bits per heavy atom. The fourth-order valence-electron chi connectivity index (χ4n) is 2.79. The van der Waals surface area contributed by atoms with Gasteiger partial charge in [-0.3, -0.25) is 4.79 Å². The molecule has 0 radical (unpaired) electrons. The summed E-state index contributed by atoms with van der Waals surface area (Å²) >= 11 is 0. The predicted molar refractivity (Wildman–Crippen MR) is 97.8 cm³/mol. The summed E-state index contributed by atoms with van der Waals surface area (Å²) in [7, 11) is 0. The zero-order valence-corrected chi connectivity index (χ0v) is 13.5. The third kappa shape index (κ3) is 3.17. The Balaban J connectivity index is 1.67. The molecule has 0 saturated carbocycles. The first kappa shape index (κ1) is 15.2. The van der Waals surface area contributed by atoms with Gasteiger partial charge in [0.15, 0.2) is 0 Å². The van der Waals surface area contributed by atoms with Crippen LogP contribution in [0.25, 0.3) is 22.3 Å². The average molecular weight is 328 g/mol. The molecule has 0 aliphatic heterocycles. The van der Waals surface area contributed by atoms with Crippen molar-refractivity contribution in [2.45, 2.75) is 6.61 Å². The molecule has 0 atom stereocenters. The normalized spacial score (nSPS) is 10.7. The summed E-state index contributed by atoms with van der Waals surface area (Å²) in [5.74, 6) is 1.49. The van der Waals surface area contributed by atoms with Gasteiger partial charge in [0.05, 0.1) is 5.56 Å². The number of furan rings is 1. The second kappa shape index (κ2) is 6.65. The number of aldehydes is 1. The highest BCUT2D eigenvalue weighted by Gasteiger charge is 2.12. The Bertz CT molecular complexity index is 1020. The first-order chi connectivity index (χ1) is 12.3. The summed E-state index contributed by atoms with van der Waals surface area (Å²) in [6, 6.07) is 25.2. The molecule has 4 aromatic rings. The molecular formula is C22H16O3. The van der Waals surface area contributed by atoms with Crippen LogP contribution in [0.2, 0.25) is 0 Å². The number of carbonyl (C=O) groups excluding carboxylic acids is 1. The van der Waals surface area contributed by atoms with Crippen molar-refractivity contribution in [3.8, 4) is 17.1 Å². The van der Waals surface area contributed by atoms with Gasteiger partial charge in [-0.1, -0.05) is 54.6 Å². The minimum absolute atomic E-state index is 0.493. The second-order valence-corrected chi connectivity index (χ2v) is 5.80. The SMILES string of the molecule is O=Cc1ccc2cc(-c3ccccc3OCc3ccccc3)oc2c1. The number of hydrogen-bond donors (Lipinski definition) is 0. The minimum atomic E-state index is 0.493. The van der Waals surface area contributed by atoms with E-state index in [1.54, 1.807) is 12.1 Å². The van der Waals surface area contributed by atoms with Crippen molar-refractivity contribution in [2.24, 2.45) is 0 Å². The number of carbonyl (C=O) groups is 1. The van der Waals surface area contributed by atoms with Crippen molar-refractivity contribution in [1.82, 2.24) is 0 Å². The molecule has 1 aromatic heterocycles. The van der Waals surface area contributed by atoms with Crippen LogP contribution < -0.4 is 4.74 Å². The first-order valence-electron chi connectivity index (χ1n) is 8.08. The van der Waals surface area contributed by atoms with Gasteiger partial charge in [0.2, 0.25) is 0 Å². The predicted octanol–water partition coefficient (Wildman–Crippen LogP) is 5.49. The lowest BCUT2D eigenvalue weighted by Gasteiger charge is -2.10. The van der Waals surface area contributed by atoms with Gasteiger partial charge < -0.3 is 9.15 Å². The Kier molecular flexibility index (Phi) is 4.05. The molecule has 0 aliphatic rings. The second-order valence-electron chi connectivity index (χ2n) is 5.80. The highest BCUT2D eigenvalue weighted by atomic mass is 16.5. The number of hydrogen-bond acceptors (Lipinski definition) is 3. The number of ether oxygens (including phenoxy) is 1. The minimum Gasteiger partial charge on any atom is -0.488 e. The van der Waals surface area contributed by atoms with Crippen molar-refractivity contribution in [3.63, 3.8) is 0 Å². The van der Waals surface area contributed by atoms with Gasteiger partial charge in [-0.2, -0.15) is 0 Å². The van der Waals surface area contributed by atoms with Crippen LogP contribution in [-0.2, 0) is 6.61 Å². The van der Waals surface area contributed by atoms with Crippen LogP contribution in [0.5, 0.6) is 5.75 Å². The topological polar surface area (TPSA) is 39.4 Å². The maximum absolute atomic E-state index is 10.9. The van der Waals surface area contributed by atoms with Crippen LogP contribution in [0.4, 0.5) is 0 Å². The summed E-state index contributed by atoms with van der Waals surface area (Å²) in [5, 5.41) is 0.957. The quantitative estimate of drug-likeness (QED) is 0.455. The number of benzene rings is 3. The van der Waals surface area contributed by atoms with Gasteiger partial charge in [0, 0.05) is 10.9 Å². The van der Waals surface area contributed by atoms with E-state index in [1.165, 1.54) is 0 Å². The molecular weight excluding hydrogens is 312 g/mol. The van der Waals surface area contributed by atoms with Gasteiger partial charge in [0.1, 0.15) is 30.0 Å². The zero-order valence-electron chi connectivity index (χ0n) is 13.5. The molecule has 0 aliphatic carbocycles. The van der Waals surface area contributed by atoms with Crippen molar-refractivity contribution in [2.75, 3.05) is 0 Å². The Hall–Kier alpha value is -3.33. The molecule has 122 valence electrons. The number of fused-ring (bicyclic) bond motifs is 1. The molecule has 4 rings (SSSR count). The zero-order chi connectivity index (χ0) is 17.1. The molecule has 0 N–H and O–H groups in total. The number of para-hydroxylation sites is 1. The molecule has 0 fully saturated rings. The third-order valence-electron chi connectivity index (χ3n) is 4.07. The lowest BCUT2D eigenvalue weighted by Crippen LogP contribution is -1.96. The van der Waals surface area contributed by atoms with E-state index in [0.717, 1.165) is 34.3 Å². The highest BCUT2D eigenvalue weighted by Crippen LogP contribution is 2.34. The molecule has 0 bridgehead atoms. The van der Waals surface area contributed by atoms with Crippen LogP contribution in [-0.4, -0.2) is 6.29 Å². The van der Waals surface area contributed by atoms with E-state index in [1.807, 2.05) is 66.7 Å². The van der Waals surface area contributed by atoms with Crippen molar-refractivity contribution in [3.05, 3.63) is 90.0 Å². The van der Waals surface area contributed by atoms with Crippen LogP contribution in [0, 0.1) is 0 Å². The summed E-state index contributed by atoms with van der Waals surface area (Å²) < 4.78 is 12.0. The van der Waals surface area contributed by atoms with E-state index in [2.05, 4.69) is 0 Å². The lowest BCUT2D eigenvalue weighted by atomic mass is 10.1. The maximum Gasteiger partial charge on any atom is 0.150 e. The van der Waals surface area contributed by atoms with Gasteiger partial charge in [-0.05, 0) is 29.8 Å². The molecule has 0 amide bonds. The maximum atomic E-state index is 10.9. The first-order valence-corrected chi connectivity index (χ1v) is 8.08. The summed E-state index contributed by atoms with van der Waals surface area (Å²) in [4.78, 5) is 10.9. The highest BCUT2D eigenvalue weighted by molar-refractivity contribution is 5.89. The van der Waals surface area contributed by atoms with Crippen LogP contribution >= 0.6 is 0 Å². The molecule has 0 spiro atoms. The smallest absolute Gasteiger partial charge is 0.150 e. The Morgan fingerprint density at radius 2 is 1.68 bits per heavy atom. The van der Waals surface area contributed by atoms with E-state index in [0.29, 0.717) is 17.8 Å². The standard InChI is InChI=1S/C22H16O3/c23-14-17-10-11-18-13-22(25-21(18)12-17)19-8-4-5-9-20(19)24-15-16-6-2-1-3-7-16/h1-14H,15H2. The van der Waals surface area contributed by atoms with Crippen molar-refractivity contribution in [1.29, 1.82) is 0 Å². The van der Waals surface area contributed by atoms with Crippen molar-refractivity contribution < 1.29 is 13.9 Å². The fraction of sp³-hybridized carbons (Fsp3) is 0.0455. The van der Waals surface area contributed by atoms with E-state index in [4.69, 9.17) is 9.15 Å². The summed E-state index contributed by atoms with van der Waals surface area (Å²) in [5.41, 5.74) is 3.29. The van der Waals surface area contributed by atoms with E-state index >= 15 is 0 Å². The van der Waals surface area contributed by atoms with Gasteiger partial charge >= 0.3 is 0 Å². The Morgan fingerprint density at radius 1 is 0.880 bits per heavy atom. The molecule has 3 nitrogen and oxygen atoms in total. The van der Waals surface area contributed by atoms with E-state index in [-0.39, 0.29) is 0 Å². The fourth-order valence-corrected chi connectivity index (χ4v) is 2.79. The Labute approximate surface area is 145 Å².